The minimum Gasteiger partial charge on any atom is -0.121 e. The summed E-state index contributed by atoms with van der Waals surface area (Å²) in [4.78, 5) is 0. The van der Waals surface area contributed by atoms with Crippen molar-refractivity contribution in [2.24, 2.45) is 0 Å². The van der Waals surface area contributed by atoms with Gasteiger partial charge in [0.2, 0.25) is 0 Å². The van der Waals surface area contributed by atoms with Crippen LogP contribution in [0.25, 0.3) is 0 Å². The van der Waals surface area contributed by atoms with Gasteiger partial charge in [0.25, 0.3) is 0 Å². The fraction of sp³-hybridized carbons (Fsp3) is 1.00. The maximum atomic E-state index is 2.03. The summed E-state index contributed by atoms with van der Waals surface area (Å²) < 4.78 is 0. The van der Waals surface area contributed by atoms with Crippen molar-refractivity contribution in [2.75, 3.05) is 0 Å². The molecule has 0 saturated heterocycles. The van der Waals surface area contributed by atoms with Gasteiger partial charge in [-0.1, -0.05) is 0 Å². The maximum Gasteiger partial charge on any atom is 0.171 e. The standard InChI is InChI=1S/C2H4.4Al.4H/c1-2;;;;;;;;/h1-2H2;;;;;;;;. The molecule has 0 aliphatic carbocycles. The van der Waals surface area contributed by atoms with Crippen molar-refractivity contribution in [1.29, 1.82) is 0 Å². The molecule has 0 fully saturated rings. The topological polar surface area (TPSA) is 0 Å². The third-order valence-electron chi connectivity index (χ3n) is 0.250. The molecule has 6 heavy (non-hydrogen) atoms. The molecule has 0 aromatic carbocycles. The Morgan fingerprint density at radius 3 is 1.00 bits per heavy atom. The van der Waals surface area contributed by atoms with Crippen LogP contribution in [0.1, 0.15) is 0 Å². The van der Waals surface area contributed by atoms with E-state index in [4.69, 9.17) is 0 Å². The van der Waals surface area contributed by atoms with Gasteiger partial charge in [-0.25, -0.2) is 0 Å². The first kappa shape index (κ1) is 15.7. The van der Waals surface area contributed by atoms with Crippen molar-refractivity contribution in [3.8, 4) is 0 Å². The third-order valence-corrected chi connectivity index (χ3v) is 2.25. The summed E-state index contributed by atoms with van der Waals surface area (Å²) >= 11 is 4.06. The van der Waals surface area contributed by atoms with Crippen LogP contribution in [-0.4, -0.2) is 67.3 Å². The van der Waals surface area contributed by atoms with E-state index in [9.17, 15) is 0 Å². The molecule has 0 spiro atoms. The van der Waals surface area contributed by atoms with Crippen LogP contribution in [0.5, 0.6) is 0 Å². The fourth-order valence-corrected chi connectivity index (χ4v) is 0. The van der Waals surface area contributed by atoms with Gasteiger partial charge >= 0.3 is 0 Å². The van der Waals surface area contributed by atoms with Crippen LogP contribution in [0.2, 0.25) is 10.6 Å². The molecule has 4 heteroatoms. The summed E-state index contributed by atoms with van der Waals surface area (Å²) in [5.74, 6) is 0. The van der Waals surface area contributed by atoms with Crippen molar-refractivity contribution < 1.29 is 0 Å². The Bertz CT molecular complexity index is 7.51. The summed E-state index contributed by atoms with van der Waals surface area (Å²) in [6.07, 6.45) is 0. The lowest BCUT2D eigenvalue weighted by Gasteiger charge is -1.66. The molecule has 0 heterocycles. The molecule has 0 rings (SSSR count). The fourth-order valence-electron chi connectivity index (χ4n) is 0. The predicted octanol–water partition coefficient (Wildman–Crippen LogP) is -1.67. The van der Waals surface area contributed by atoms with Crippen molar-refractivity contribution in [3.63, 3.8) is 0 Å². The summed E-state index contributed by atoms with van der Waals surface area (Å²) in [5.41, 5.74) is 0. The van der Waals surface area contributed by atoms with Crippen LogP contribution in [0.15, 0.2) is 0 Å². The number of rotatable bonds is 1. The molecule has 28 valence electrons. The highest BCUT2D eigenvalue weighted by Gasteiger charge is 1.59. The third kappa shape index (κ3) is 16.5. The molecular weight excluding hydrogens is 132 g/mol. The molecule has 0 aromatic heterocycles. The highest BCUT2D eigenvalue weighted by atomic mass is 27.1. The van der Waals surface area contributed by atoms with Crippen LogP contribution in [-0.2, 0) is 0 Å². The summed E-state index contributed by atoms with van der Waals surface area (Å²) in [7, 11) is 0. The zero-order chi connectivity index (χ0) is 3.41. The zero-order valence-corrected chi connectivity index (χ0v) is 9.90. The van der Waals surface area contributed by atoms with E-state index >= 15 is 0 Å². The van der Waals surface area contributed by atoms with E-state index < -0.39 is 0 Å². The molecule has 0 aromatic rings. The quantitative estimate of drug-likeness (QED) is 0.382. The summed E-state index contributed by atoms with van der Waals surface area (Å²) in [6.45, 7) is 0. The van der Waals surface area contributed by atoms with Crippen LogP contribution < -0.4 is 0 Å². The molecule has 0 aliphatic heterocycles. The Balaban J connectivity index is -0.0000000450. The Hall–Kier alpha value is 2.13. The second-order valence-electron chi connectivity index (χ2n) is 0.707. The molecular formula is C2H8Al4. The SMILES string of the molecule is [AlH].[AlH].[AlH][CH2][CH2][AlH]. The molecule has 0 nitrogen and oxygen atoms in total. The second-order valence-corrected chi connectivity index (χ2v) is 2.12. The van der Waals surface area contributed by atoms with Gasteiger partial charge in [0.05, 0.1) is 34.7 Å². The van der Waals surface area contributed by atoms with Gasteiger partial charge in [0, 0.05) is 0 Å². The first-order chi connectivity index (χ1) is 1.91. The van der Waals surface area contributed by atoms with E-state index in [1.54, 1.807) is 0 Å². The Labute approximate surface area is 77.2 Å². The summed E-state index contributed by atoms with van der Waals surface area (Å²) in [5, 5.41) is 2.72. The van der Waals surface area contributed by atoms with E-state index in [2.05, 4.69) is 0 Å². The van der Waals surface area contributed by atoms with Gasteiger partial charge in [-0.3, -0.25) is 0 Å². The Morgan fingerprint density at radius 2 is 1.00 bits per heavy atom. The maximum absolute atomic E-state index is 2.03. The second kappa shape index (κ2) is 15.7. The van der Waals surface area contributed by atoms with Crippen molar-refractivity contribution in [3.05, 3.63) is 0 Å². The molecule has 0 saturated carbocycles. The molecule has 0 unspecified atom stereocenters. The first-order valence-electron chi connectivity index (χ1n) is 1.50. The highest BCUT2D eigenvalue weighted by Crippen LogP contribution is 1.70. The Morgan fingerprint density at radius 1 is 0.833 bits per heavy atom. The molecule has 0 N–H and O–H groups in total. The van der Waals surface area contributed by atoms with Gasteiger partial charge in [0.15, 0.2) is 32.6 Å². The van der Waals surface area contributed by atoms with Gasteiger partial charge in [-0.05, 0) is 0 Å². The van der Waals surface area contributed by atoms with Gasteiger partial charge in [0.1, 0.15) is 0 Å². The summed E-state index contributed by atoms with van der Waals surface area (Å²) in [6, 6.07) is 0. The minimum absolute atomic E-state index is 0. The van der Waals surface area contributed by atoms with Crippen LogP contribution in [0.3, 0.4) is 0 Å². The van der Waals surface area contributed by atoms with Gasteiger partial charge < -0.3 is 0 Å². The smallest absolute Gasteiger partial charge is 0.121 e. The lowest BCUT2D eigenvalue weighted by molar-refractivity contribution is 1.46. The molecule has 0 amide bonds. The van der Waals surface area contributed by atoms with Crippen LogP contribution >= 0.6 is 0 Å². The van der Waals surface area contributed by atoms with E-state index in [1.165, 1.54) is 10.6 Å². The van der Waals surface area contributed by atoms with Gasteiger partial charge in [-0.15, -0.1) is 10.6 Å². The van der Waals surface area contributed by atoms with Crippen molar-refractivity contribution in [2.45, 2.75) is 10.6 Å². The average Bonchev–Trinajstić information content (AvgIpc) is 1.37. The lowest BCUT2D eigenvalue weighted by Crippen LogP contribution is -1.60. The highest BCUT2D eigenvalue weighted by molar-refractivity contribution is 6.16. The lowest BCUT2D eigenvalue weighted by atomic mass is 10.9. The van der Waals surface area contributed by atoms with Crippen molar-refractivity contribution in [1.82, 2.24) is 0 Å². The van der Waals surface area contributed by atoms with Crippen LogP contribution in [0, 0.1) is 0 Å². The minimum atomic E-state index is 0. The molecule has 0 bridgehead atoms. The molecule has 0 atom stereocenters. The number of hydrogen-bond donors (Lipinski definition) is 0. The molecule has 0 aliphatic rings. The first-order valence-corrected chi connectivity index (χ1v) is 3.50. The van der Waals surface area contributed by atoms with E-state index in [0.717, 1.165) is 0 Å². The monoisotopic (exact) mass is 140 g/mol. The van der Waals surface area contributed by atoms with E-state index in [0.29, 0.717) is 0 Å². The van der Waals surface area contributed by atoms with E-state index in [-0.39, 0.29) is 34.7 Å². The van der Waals surface area contributed by atoms with Gasteiger partial charge in [-0.2, -0.15) is 0 Å². The average molecular weight is 140 g/mol. The number of hydrogen-bond acceptors (Lipinski definition) is 0. The Kier molecular flexibility index (Phi) is 41.1. The molecule has 6 radical (unpaired) electrons. The zero-order valence-electron chi connectivity index (χ0n) is 4.24. The van der Waals surface area contributed by atoms with Crippen LogP contribution in [0.4, 0.5) is 0 Å². The predicted molar refractivity (Wildman–Crippen MR) is 38.2 cm³/mol. The van der Waals surface area contributed by atoms with Crippen molar-refractivity contribution >= 4 is 67.3 Å². The van der Waals surface area contributed by atoms with E-state index in [1.807, 2.05) is 32.6 Å². The largest absolute Gasteiger partial charge is 0.171 e. The normalized spacial score (nSPS) is 4.67.